The molecule has 0 unspecified atom stereocenters. The Kier molecular flexibility index (Phi) is 7.73. The molecule has 10 heteroatoms. The lowest BCUT2D eigenvalue weighted by atomic mass is 10.0. The molecule has 3 amide bonds. The first-order valence-corrected chi connectivity index (χ1v) is 12.1. The summed E-state index contributed by atoms with van der Waals surface area (Å²) in [5, 5.41) is 5.15. The Hall–Kier alpha value is -3.27. The van der Waals surface area contributed by atoms with E-state index in [-0.39, 0.29) is 17.6 Å². The SMILES string of the molecule is CC(C)[C@@H]1COCCN1c1ccc(N2CCC[C@@H](NC(=O)Nc3ccc(C(F)(F)F)cc3)C2=O)cc1. The third-order valence-electron chi connectivity index (χ3n) is 6.64. The largest absolute Gasteiger partial charge is 0.416 e. The molecule has 36 heavy (non-hydrogen) atoms. The predicted molar refractivity (Wildman–Crippen MR) is 132 cm³/mol. The van der Waals surface area contributed by atoms with E-state index in [1.165, 1.54) is 12.1 Å². The number of carbonyl (C=O) groups excluding carboxylic acids is 2. The number of amides is 3. The van der Waals surface area contributed by atoms with Gasteiger partial charge in [0.15, 0.2) is 0 Å². The van der Waals surface area contributed by atoms with Gasteiger partial charge in [-0.05, 0) is 67.3 Å². The van der Waals surface area contributed by atoms with Gasteiger partial charge in [0.2, 0.25) is 5.91 Å². The summed E-state index contributed by atoms with van der Waals surface area (Å²) in [7, 11) is 0. The predicted octanol–water partition coefficient (Wildman–Crippen LogP) is 4.88. The lowest BCUT2D eigenvalue weighted by Gasteiger charge is -2.40. The van der Waals surface area contributed by atoms with Gasteiger partial charge in [-0.15, -0.1) is 0 Å². The zero-order chi connectivity index (χ0) is 25.9. The van der Waals surface area contributed by atoms with E-state index < -0.39 is 23.8 Å². The van der Waals surface area contributed by atoms with Crippen molar-refractivity contribution in [2.24, 2.45) is 5.92 Å². The van der Waals surface area contributed by atoms with Gasteiger partial charge in [0.05, 0.1) is 24.8 Å². The lowest BCUT2D eigenvalue weighted by molar-refractivity contribution is -0.137. The van der Waals surface area contributed by atoms with E-state index >= 15 is 0 Å². The van der Waals surface area contributed by atoms with E-state index in [0.717, 1.165) is 30.1 Å². The molecule has 2 N–H and O–H groups in total. The van der Waals surface area contributed by atoms with Crippen LogP contribution in [0, 0.1) is 5.92 Å². The summed E-state index contributed by atoms with van der Waals surface area (Å²) < 4.78 is 43.8. The third-order valence-corrected chi connectivity index (χ3v) is 6.64. The monoisotopic (exact) mass is 504 g/mol. The van der Waals surface area contributed by atoms with Crippen molar-refractivity contribution < 1.29 is 27.5 Å². The number of alkyl halides is 3. The van der Waals surface area contributed by atoms with Crippen molar-refractivity contribution in [3.8, 4) is 0 Å². The lowest BCUT2D eigenvalue weighted by Crippen LogP contribution is -2.53. The number of hydrogen-bond donors (Lipinski definition) is 2. The number of urea groups is 1. The number of piperidine rings is 1. The maximum absolute atomic E-state index is 13.1. The van der Waals surface area contributed by atoms with Crippen molar-refractivity contribution in [3.63, 3.8) is 0 Å². The Morgan fingerprint density at radius 3 is 2.33 bits per heavy atom. The summed E-state index contributed by atoms with van der Waals surface area (Å²) in [5.74, 6) is 0.220. The van der Waals surface area contributed by atoms with Gasteiger partial charge in [-0.3, -0.25) is 4.79 Å². The Bertz CT molecular complexity index is 1060. The van der Waals surface area contributed by atoms with E-state index in [1.807, 2.05) is 24.3 Å². The fourth-order valence-electron chi connectivity index (χ4n) is 4.65. The zero-order valence-corrected chi connectivity index (χ0v) is 20.3. The van der Waals surface area contributed by atoms with E-state index in [4.69, 9.17) is 4.74 Å². The summed E-state index contributed by atoms with van der Waals surface area (Å²) in [6, 6.07) is 10.9. The van der Waals surface area contributed by atoms with E-state index in [0.29, 0.717) is 38.5 Å². The maximum atomic E-state index is 13.1. The summed E-state index contributed by atoms with van der Waals surface area (Å²) in [4.78, 5) is 29.6. The first-order valence-electron chi connectivity index (χ1n) is 12.1. The highest BCUT2D eigenvalue weighted by Gasteiger charge is 2.32. The van der Waals surface area contributed by atoms with Crippen molar-refractivity contribution >= 4 is 29.0 Å². The molecule has 0 radical (unpaired) electrons. The van der Waals surface area contributed by atoms with Gasteiger partial charge in [-0.1, -0.05) is 13.8 Å². The molecule has 2 fully saturated rings. The number of benzene rings is 2. The van der Waals surface area contributed by atoms with Crippen molar-refractivity contribution in [2.45, 2.75) is 44.9 Å². The Balaban J connectivity index is 1.38. The molecular weight excluding hydrogens is 473 g/mol. The van der Waals surface area contributed by atoms with Crippen molar-refractivity contribution in [2.75, 3.05) is 41.4 Å². The van der Waals surface area contributed by atoms with Crippen LogP contribution < -0.4 is 20.4 Å². The highest BCUT2D eigenvalue weighted by atomic mass is 19.4. The van der Waals surface area contributed by atoms with Gasteiger partial charge < -0.3 is 25.2 Å². The summed E-state index contributed by atoms with van der Waals surface area (Å²) >= 11 is 0. The normalized spacial score (nSPS) is 21.0. The molecule has 0 bridgehead atoms. The Labute approximate surface area is 208 Å². The summed E-state index contributed by atoms with van der Waals surface area (Å²) in [6.45, 7) is 7.07. The molecule has 2 aliphatic heterocycles. The Morgan fingerprint density at radius 2 is 1.69 bits per heavy atom. The second kappa shape index (κ2) is 10.8. The standard InChI is InChI=1S/C26H31F3N4O3/c1-17(2)23-16-36-15-14-32(23)20-9-11-21(12-10-20)33-13-3-4-22(24(33)34)31-25(35)30-19-7-5-18(6-8-19)26(27,28)29/h5-12,17,22-23H,3-4,13-16H2,1-2H3,(H2,30,31,35)/t22-,23+/m1/s1. The van der Waals surface area contributed by atoms with Gasteiger partial charge >= 0.3 is 12.2 Å². The number of rotatable bonds is 5. The molecule has 0 aliphatic carbocycles. The number of hydrogen-bond acceptors (Lipinski definition) is 4. The minimum absolute atomic E-state index is 0.207. The average molecular weight is 505 g/mol. The number of carbonyl (C=O) groups is 2. The minimum atomic E-state index is -4.45. The summed E-state index contributed by atoms with van der Waals surface area (Å²) in [5.41, 5.74) is 1.24. The van der Waals surface area contributed by atoms with E-state index in [1.54, 1.807) is 4.90 Å². The van der Waals surface area contributed by atoms with Gasteiger partial charge in [0.25, 0.3) is 0 Å². The fraction of sp³-hybridized carbons (Fsp3) is 0.462. The van der Waals surface area contributed by atoms with E-state index in [2.05, 4.69) is 29.4 Å². The quantitative estimate of drug-likeness (QED) is 0.609. The van der Waals surface area contributed by atoms with Gasteiger partial charge in [-0.2, -0.15) is 13.2 Å². The highest BCUT2D eigenvalue weighted by Crippen LogP contribution is 2.30. The number of nitrogens with zero attached hydrogens (tertiary/aromatic N) is 2. The number of anilines is 3. The molecule has 2 aliphatic rings. The van der Waals surface area contributed by atoms with Gasteiger partial charge in [-0.25, -0.2) is 4.79 Å². The van der Waals surface area contributed by atoms with Crippen LogP contribution >= 0.6 is 0 Å². The molecule has 2 aromatic carbocycles. The van der Waals surface area contributed by atoms with Crippen molar-refractivity contribution in [1.82, 2.24) is 5.32 Å². The highest BCUT2D eigenvalue weighted by molar-refractivity contribution is 6.01. The van der Waals surface area contributed by atoms with Crippen LogP contribution in [0.25, 0.3) is 0 Å². The second-order valence-electron chi connectivity index (χ2n) is 9.45. The van der Waals surface area contributed by atoms with Crippen LogP contribution in [0.1, 0.15) is 32.3 Å². The zero-order valence-electron chi connectivity index (χ0n) is 20.3. The molecule has 2 atom stereocenters. The first-order chi connectivity index (χ1) is 17.1. The van der Waals surface area contributed by atoms with Crippen LogP contribution in [0.3, 0.4) is 0 Å². The number of halogens is 3. The van der Waals surface area contributed by atoms with Crippen molar-refractivity contribution in [1.29, 1.82) is 0 Å². The Morgan fingerprint density at radius 1 is 1.03 bits per heavy atom. The molecule has 194 valence electrons. The molecule has 0 saturated carbocycles. The third kappa shape index (κ3) is 5.92. The van der Waals surface area contributed by atoms with Crippen LogP contribution in [0.5, 0.6) is 0 Å². The van der Waals surface area contributed by atoms with Crippen LogP contribution in [-0.2, 0) is 15.7 Å². The molecule has 0 spiro atoms. The smallest absolute Gasteiger partial charge is 0.377 e. The van der Waals surface area contributed by atoms with Gasteiger partial charge in [0, 0.05) is 30.2 Å². The maximum Gasteiger partial charge on any atom is 0.416 e. The molecule has 2 heterocycles. The van der Waals surface area contributed by atoms with Gasteiger partial charge in [0.1, 0.15) is 6.04 Å². The van der Waals surface area contributed by atoms with E-state index in [9.17, 15) is 22.8 Å². The molecule has 4 rings (SSSR count). The van der Waals surface area contributed by atoms with Crippen LogP contribution in [0.15, 0.2) is 48.5 Å². The number of nitrogens with one attached hydrogen (secondary N) is 2. The minimum Gasteiger partial charge on any atom is -0.377 e. The second-order valence-corrected chi connectivity index (χ2v) is 9.45. The molecule has 2 aromatic rings. The summed E-state index contributed by atoms with van der Waals surface area (Å²) in [6.07, 6.45) is -3.26. The van der Waals surface area contributed by atoms with Crippen molar-refractivity contribution in [3.05, 3.63) is 54.1 Å². The number of ether oxygens (including phenoxy) is 1. The van der Waals surface area contributed by atoms with Crippen LogP contribution in [-0.4, -0.2) is 50.3 Å². The molecular formula is C26H31F3N4O3. The molecule has 0 aromatic heterocycles. The fourth-order valence-corrected chi connectivity index (χ4v) is 4.65. The molecule has 2 saturated heterocycles. The number of morpholine rings is 1. The molecule has 7 nitrogen and oxygen atoms in total. The van der Waals surface area contributed by atoms with Crippen LogP contribution in [0.2, 0.25) is 0 Å². The van der Waals surface area contributed by atoms with Crippen LogP contribution in [0.4, 0.5) is 35.0 Å². The topological polar surface area (TPSA) is 73.9 Å². The average Bonchev–Trinajstić information content (AvgIpc) is 2.85. The first kappa shape index (κ1) is 25.8.